The van der Waals surface area contributed by atoms with Crippen LogP contribution in [-0.4, -0.2) is 4.98 Å². The van der Waals surface area contributed by atoms with Gasteiger partial charge < -0.3 is 5.32 Å². The first-order chi connectivity index (χ1) is 8.83. The highest BCUT2D eigenvalue weighted by Gasteiger charge is 2.14. The lowest BCUT2D eigenvalue weighted by Gasteiger charge is -2.04. The van der Waals surface area contributed by atoms with Crippen LogP contribution in [0.1, 0.15) is 27.3 Å². The van der Waals surface area contributed by atoms with Gasteiger partial charge in [-0.05, 0) is 42.5 Å². The van der Waals surface area contributed by atoms with Crippen LogP contribution < -0.4 is 5.32 Å². The molecule has 2 nitrogen and oxygen atoms in total. The van der Waals surface area contributed by atoms with E-state index in [9.17, 15) is 0 Å². The van der Waals surface area contributed by atoms with Crippen molar-refractivity contribution in [1.29, 1.82) is 0 Å². The molecule has 2 aromatic heterocycles. The van der Waals surface area contributed by atoms with Gasteiger partial charge in [-0.25, -0.2) is 0 Å². The van der Waals surface area contributed by atoms with Crippen LogP contribution >= 0.6 is 22.9 Å². The van der Waals surface area contributed by atoms with Crippen LogP contribution in [0.4, 0.5) is 0 Å². The largest absolute Gasteiger partial charge is 0.308 e. The van der Waals surface area contributed by atoms with Crippen molar-refractivity contribution in [1.82, 2.24) is 10.3 Å². The number of fused-ring (bicyclic) bond motifs is 1. The van der Waals surface area contributed by atoms with Crippen molar-refractivity contribution in [3.63, 3.8) is 0 Å². The monoisotopic (exact) mass is 278 g/mol. The minimum absolute atomic E-state index is 0.735. The molecule has 0 aliphatic heterocycles. The molecule has 0 aromatic carbocycles. The number of rotatable bonds is 4. The fourth-order valence-electron chi connectivity index (χ4n) is 2.35. The van der Waals surface area contributed by atoms with E-state index in [0.29, 0.717) is 0 Å². The lowest BCUT2D eigenvalue weighted by Crippen LogP contribution is -2.12. The van der Waals surface area contributed by atoms with E-state index in [-0.39, 0.29) is 0 Å². The van der Waals surface area contributed by atoms with Crippen LogP contribution in [0.25, 0.3) is 0 Å². The number of nitrogens with zero attached hydrogens (tertiary/aromatic N) is 1. The van der Waals surface area contributed by atoms with E-state index in [1.807, 2.05) is 17.4 Å². The van der Waals surface area contributed by atoms with Crippen molar-refractivity contribution in [2.75, 3.05) is 0 Å². The third-order valence-electron chi connectivity index (χ3n) is 3.27. The third-order valence-corrected chi connectivity index (χ3v) is 4.85. The summed E-state index contributed by atoms with van der Waals surface area (Å²) in [4.78, 5) is 7.01. The molecule has 3 rings (SSSR count). The molecule has 0 spiro atoms. The van der Waals surface area contributed by atoms with Crippen LogP contribution in [-0.2, 0) is 25.9 Å². The van der Waals surface area contributed by atoms with Crippen molar-refractivity contribution in [3.8, 4) is 0 Å². The van der Waals surface area contributed by atoms with Crippen molar-refractivity contribution in [3.05, 3.63) is 50.4 Å². The zero-order chi connectivity index (χ0) is 12.4. The van der Waals surface area contributed by atoms with Gasteiger partial charge in [-0.3, -0.25) is 4.98 Å². The van der Waals surface area contributed by atoms with E-state index in [1.165, 1.54) is 24.1 Å². The smallest absolute Gasteiger partial charge is 0.0634 e. The van der Waals surface area contributed by atoms with Crippen LogP contribution in [0.5, 0.6) is 0 Å². The Hall–Kier alpha value is -0.900. The Bertz CT molecular complexity index is 529. The van der Waals surface area contributed by atoms with Gasteiger partial charge >= 0.3 is 0 Å². The molecule has 2 aromatic rings. The van der Waals surface area contributed by atoms with Crippen molar-refractivity contribution in [2.45, 2.75) is 32.4 Å². The molecule has 18 heavy (non-hydrogen) atoms. The average molecular weight is 279 g/mol. The van der Waals surface area contributed by atoms with Crippen LogP contribution in [0.15, 0.2) is 24.5 Å². The molecule has 2 heterocycles. The van der Waals surface area contributed by atoms with E-state index in [0.717, 1.165) is 23.7 Å². The number of hydrogen-bond donors (Lipinski definition) is 1. The molecule has 0 fully saturated rings. The zero-order valence-corrected chi connectivity index (χ0v) is 11.7. The van der Waals surface area contributed by atoms with Crippen LogP contribution in [0.3, 0.4) is 0 Å². The molecular weight excluding hydrogens is 264 g/mol. The SMILES string of the molecule is Clc1cnccc1CNCc1cc2c(s1)CCC2. The Labute approximate surface area is 116 Å². The van der Waals surface area contributed by atoms with E-state index < -0.39 is 0 Å². The molecule has 0 saturated carbocycles. The molecule has 4 heteroatoms. The lowest BCUT2D eigenvalue weighted by molar-refractivity contribution is 0.700. The predicted octanol–water partition coefficient (Wildman–Crippen LogP) is 3.58. The molecule has 0 saturated heterocycles. The summed E-state index contributed by atoms with van der Waals surface area (Å²) in [6.07, 6.45) is 7.35. The van der Waals surface area contributed by atoms with Crippen molar-refractivity contribution < 1.29 is 0 Å². The van der Waals surface area contributed by atoms with Crippen molar-refractivity contribution in [2.24, 2.45) is 0 Å². The Morgan fingerprint density at radius 3 is 3.11 bits per heavy atom. The van der Waals surface area contributed by atoms with E-state index in [1.54, 1.807) is 22.8 Å². The normalized spacial score (nSPS) is 13.8. The molecule has 0 radical (unpaired) electrons. The summed E-state index contributed by atoms with van der Waals surface area (Å²) < 4.78 is 0. The summed E-state index contributed by atoms with van der Waals surface area (Å²) >= 11 is 8.02. The number of pyridine rings is 1. The minimum atomic E-state index is 0.735. The second kappa shape index (κ2) is 5.39. The first kappa shape index (κ1) is 12.2. The number of halogens is 1. The minimum Gasteiger partial charge on any atom is -0.308 e. The van der Waals surface area contributed by atoms with E-state index in [4.69, 9.17) is 11.6 Å². The molecule has 1 N–H and O–H groups in total. The summed E-state index contributed by atoms with van der Waals surface area (Å²) in [7, 11) is 0. The van der Waals surface area contributed by atoms with E-state index in [2.05, 4.69) is 16.4 Å². The maximum Gasteiger partial charge on any atom is 0.0634 e. The number of nitrogens with one attached hydrogen (secondary N) is 1. The van der Waals surface area contributed by atoms with Gasteiger partial charge in [0.05, 0.1) is 5.02 Å². The Kier molecular flexibility index (Phi) is 3.64. The maximum atomic E-state index is 6.07. The Balaban J connectivity index is 1.57. The summed E-state index contributed by atoms with van der Waals surface area (Å²) in [6.45, 7) is 1.72. The molecular formula is C14H15ClN2S. The molecule has 0 unspecified atom stereocenters. The van der Waals surface area contributed by atoms with Gasteiger partial charge in [-0.15, -0.1) is 11.3 Å². The number of hydrogen-bond acceptors (Lipinski definition) is 3. The average Bonchev–Trinajstić information content (AvgIpc) is 2.92. The molecule has 0 amide bonds. The zero-order valence-electron chi connectivity index (χ0n) is 10.1. The van der Waals surface area contributed by atoms with Gasteiger partial charge in [0, 0.05) is 35.2 Å². The summed E-state index contributed by atoms with van der Waals surface area (Å²) in [5, 5.41) is 4.18. The molecule has 0 bridgehead atoms. The summed E-state index contributed by atoms with van der Waals surface area (Å²) in [5.74, 6) is 0. The van der Waals surface area contributed by atoms with Gasteiger partial charge in [0.2, 0.25) is 0 Å². The molecule has 1 aliphatic carbocycles. The van der Waals surface area contributed by atoms with Gasteiger partial charge in [0.15, 0.2) is 0 Å². The fraction of sp³-hybridized carbons (Fsp3) is 0.357. The van der Waals surface area contributed by atoms with Crippen LogP contribution in [0.2, 0.25) is 5.02 Å². The molecule has 94 valence electrons. The highest BCUT2D eigenvalue weighted by atomic mass is 35.5. The van der Waals surface area contributed by atoms with Crippen molar-refractivity contribution >= 4 is 22.9 Å². The number of aromatic nitrogens is 1. The van der Waals surface area contributed by atoms with E-state index >= 15 is 0 Å². The number of thiophene rings is 1. The summed E-state index contributed by atoms with van der Waals surface area (Å²) in [5.41, 5.74) is 2.68. The molecule has 1 aliphatic rings. The standard InChI is InChI=1S/C14H15ClN2S/c15-13-9-16-5-4-11(13)7-17-8-12-6-10-2-1-3-14(10)18-12/h4-6,9,17H,1-3,7-8H2. The third kappa shape index (κ3) is 2.58. The highest BCUT2D eigenvalue weighted by Crippen LogP contribution is 2.30. The fourth-order valence-corrected chi connectivity index (χ4v) is 3.76. The van der Waals surface area contributed by atoms with Gasteiger partial charge in [0.25, 0.3) is 0 Å². The predicted molar refractivity (Wildman–Crippen MR) is 76.1 cm³/mol. The Morgan fingerprint density at radius 1 is 1.33 bits per heavy atom. The summed E-state index contributed by atoms with van der Waals surface area (Å²) in [6, 6.07) is 4.32. The lowest BCUT2D eigenvalue weighted by atomic mass is 10.2. The second-order valence-electron chi connectivity index (χ2n) is 4.59. The second-order valence-corrected chi connectivity index (χ2v) is 6.21. The highest BCUT2D eigenvalue weighted by molar-refractivity contribution is 7.12. The quantitative estimate of drug-likeness (QED) is 0.925. The first-order valence-corrected chi connectivity index (χ1v) is 7.42. The first-order valence-electron chi connectivity index (χ1n) is 6.22. The van der Waals surface area contributed by atoms with Gasteiger partial charge in [-0.2, -0.15) is 0 Å². The van der Waals surface area contributed by atoms with Gasteiger partial charge in [-0.1, -0.05) is 11.6 Å². The topological polar surface area (TPSA) is 24.9 Å². The number of aryl methyl sites for hydroxylation is 2. The Morgan fingerprint density at radius 2 is 2.28 bits per heavy atom. The molecule has 0 atom stereocenters. The van der Waals surface area contributed by atoms with Crippen LogP contribution in [0, 0.1) is 0 Å². The maximum absolute atomic E-state index is 6.07. The van der Waals surface area contributed by atoms with Gasteiger partial charge in [0.1, 0.15) is 0 Å².